The quantitative estimate of drug-likeness (QED) is 0.341. The number of allylic oxidation sites excluding steroid dienone is 3. The fraction of sp³-hybridized carbons (Fsp3) is 0.800. The minimum absolute atomic E-state index is 0.169. The smallest absolute Gasteiger partial charge is 0.222 e. The van der Waals surface area contributed by atoms with Crippen LogP contribution in [0.4, 0.5) is 0 Å². The third-order valence-corrected chi connectivity index (χ3v) is 6.96. The van der Waals surface area contributed by atoms with Gasteiger partial charge in [0, 0.05) is 26.4 Å². The fourth-order valence-corrected chi connectivity index (χ4v) is 5.05. The van der Waals surface area contributed by atoms with Crippen molar-refractivity contribution in [2.45, 2.75) is 90.6 Å². The summed E-state index contributed by atoms with van der Waals surface area (Å²) in [6, 6.07) is 0. The number of unbranched alkanes of at least 4 members (excludes halogenated alkanes) is 2. The highest BCUT2D eigenvalue weighted by molar-refractivity contribution is 5.75. The maximum atomic E-state index is 11.7. The summed E-state index contributed by atoms with van der Waals surface area (Å²) < 4.78 is 0. The topological polar surface area (TPSA) is 40.5 Å². The second-order valence-corrected chi connectivity index (χ2v) is 9.31. The Morgan fingerprint density at radius 2 is 2.07 bits per heavy atom. The maximum Gasteiger partial charge on any atom is 0.222 e. The van der Waals surface area contributed by atoms with Crippen LogP contribution in [0, 0.1) is 23.7 Å². The summed E-state index contributed by atoms with van der Waals surface area (Å²) >= 11 is 0. The molecule has 1 amide bonds. The van der Waals surface area contributed by atoms with E-state index in [1.54, 1.807) is 10.5 Å². The molecule has 0 saturated heterocycles. The number of fused-ring (bicyclic) bond motifs is 1. The molecule has 2 rings (SSSR count). The van der Waals surface area contributed by atoms with E-state index in [1.807, 2.05) is 14.1 Å². The number of hydrogen-bond donors (Lipinski definition) is 1. The molecule has 0 unspecified atom stereocenters. The molecule has 0 bridgehead atoms. The van der Waals surface area contributed by atoms with Crippen LogP contribution < -0.4 is 0 Å². The highest BCUT2D eigenvalue weighted by atomic mass is 16.3. The summed E-state index contributed by atoms with van der Waals surface area (Å²) in [7, 11) is 3.66. The van der Waals surface area contributed by atoms with Gasteiger partial charge in [-0.1, -0.05) is 63.3 Å². The molecule has 2 aliphatic rings. The first-order valence-corrected chi connectivity index (χ1v) is 11.7. The summed E-state index contributed by atoms with van der Waals surface area (Å²) in [4.78, 5) is 13.4. The van der Waals surface area contributed by atoms with Gasteiger partial charge in [-0.25, -0.2) is 0 Å². The molecule has 1 saturated carbocycles. The van der Waals surface area contributed by atoms with Crippen molar-refractivity contribution in [3.63, 3.8) is 0 Å². The van der Waals surface area contributed by atoms with E-state index >= 15 is 0 Å². The second kappa shape index (κ2) is 11.8. The molecular formula is C25H43NO2. The summed E-state index contributed by atoms with van der Waals surface area (Å²) in [5.41, 5.74) is 1.56. The lowest BCUT2D eigenvalue weighted by Gasteiger charge is -2.19. The zero-order valence-electron chi connectivity index (χ0n) is 18.7. The van der Waals surface area contributed by atoms with Crippen molar-refractivity contribution in [3.05, 3.63) is 23.8 Å². The number of amides is 1. The number of carbonyl (C=O) groups excluding carboxylic acids is 1. The van der Waals surface area contributed by atoms with Gasteiger partial charge in [-0.15, -0.1) is 0 Å². The number of nitrogens with zero attached hydrogens (tertiary/aromatic N) is 1. The van der Waals surface area contributed by atoms with Crippen LogP contribution in [-0.4, -0.2) is 36.1 Å². The second-order valence-electron chi connectivity index (χ2n) is 9.31. The molecule has 0 aromatic carbocycles. The van der Waals surface area contributed by atoms with Gasteiger partial charge in [0.15, 0.2) is 0 Å². The predicted octanol–water partition coefficient (Wildman–Crippen LogP) is 5.74. The van der Waals surface area contributed by atoms with Crippen molar-refractivity contribution < 1.29 is 9.90 Å². The van der Waals surface area contributed by atoms with Crippen molar-refractivity contribution in [3.8, 4) is 0 Å². The zero-order valence-corrected chi connectivity index (χ0v) is 18.7. The Hall–Kier alpha value is -1.09. The molecule has 28 heavy (non-hydrogen) atoms. The minimum atomic E-state index is -0.169. The molecule has 0 radical (unpaired) electrons. The standard InChI is InChI=1S/C25H43NO2/c1-5-7-11-19(6-2)13-10-14-22-23-17-20(16-21(23)18-24(22)27)12-8-9-15-25(28)26(3)4/h10,14,16,19,21-24,27H,5-9,11-13,15,17-18H2,1-4H3/b14-10+/t19-,21-,22+,23-,24+/m0/s1. The van der Waals surface area contributed by atoms with Crippen LogP contribution in [0.2, 0.25) is 0 Å². The van der Waals surface area contributed by atoms with E-state index in [0.29, 0.717) is 24.2 Å². The Morgan fingerprint density at radius 1 is 1.29 bits per heavy atom. The number of aliphatic hydroxyl groups excluding tert-OH is 1. The summed E-state index contributed by atoms with van der Waals surface area (Å²) in [6.45, 7) is 4.57. The molecule has 5 atom stereocenters. The van der Waals surface area contributed by atoms with Crippen LogP contribution in [0.3, 0.4) is 0 Å². The number of hydrogen-bond acceptors (Lipinski definition) is 2. The lowest BCUT2D eigenvalue weighted by Crippen LogP contribution is -2.21. The molecule has 2 aliphatic carbocycles. The van der Waals surface area contributed by atoms with E-state index in [-0.39, 0.29) is 12.0 Å². The largest absolute Gasteiger partial charge is 0.392 e. The van der Waals surface area contributed by atoms with Crippen molar-refractivity contribution in [2.24, 2.45) is 23.7 Å². The van der Waals surface area contributed by atoms with Gasteiger partial charge >= 0.3 is 0 Å². The molecule has 3 heteroatoms. The van der Waals surface area contributed by atoms with Crippen LogP contribution in [0.5, 0.6) is 0 Å². The molecule has 1 fully saturated rings. The first-order valence-electron chi connectivity index (χ1n) is 11.7. The zero-order chi connectivity index (χ0) is 20.5. The molecule has 3 nitrogen and oxygen atoms in total. The van der Waals surface area contributed by atoms with Gasteiger partial charge in [-0.2, -0.15) is 0 Å². The summed E-state index contributed by atoms with van der Waals surface area (Å²) in [5.74, 6) is 2.52. The van der Waals surface area contributed by atoms with E-state index in [2.05, 4.69) is 32.1 Å². The van der Waals surface area contributed by atoms with Gasteiger partial charge in [0.05, 0.1) is 6.10 Å². The molecule has 0 aromatic rings. The van der Waals surface area contributed by atoms with Crippen molar-refractivity contribution in [1.82, 2.24) is 4.90 Å². The van der Waals surface area contributed by atoms with Gasteiger partial charge in [0.1, 0.15) is 0 Å². The van der Waals surface area contributed by atoms with E-state index < -0.39 is 0 Å². The monoisotopic (exact) mass is 389 g/mol. The molecule has 160 valence electrons. The number of carbonyl (C=O) groups is 1. The van der Waals surface area contributed by atoms with Gasteiger partial charge in [0.25, 0.3) is 0 Å². The highest BCUT2D eigenvalue weighted by Gasteiger charge is 2.43. The van der Waals surface area contributed by atoms with Crippen LogP contribution in [0.15, 0.2) is 23.8 Å². The number of aliphatic hydroxyl groups is 1. The molecule has 0 aliphatic heterocycles. The predicted molar refractivity (Wildman–Crippen MR) is 118 cm³/mol. The average Bonchev–Trinajstić information content (AvgIpc) is 3.18. The summed E-state index contributed by atoms with van der Waals surface area (Å²) in [5, 5.41) is 10.5. The van der Waals surface area contributed by atoms with E-state index in [9.17, 15) is 9.90 Å². The lowest BCUT2D eigenvalue weighted by atomic mass is 9.87. The SMILES string of the molecule is CCCC[C@H](CC)C/C=C/[C@@H]1[C@H]2CC(CCCCC(=O)N(C)C)=C[C@H]2C[C@H]1O. The fourth-order valence-electron chi connectivity index (χ4n) is 5.05. The van der Waals surface area contributed by atoms with Crippen molar-refractivity contribution >= 4 is 5.91 Å². The van der Waals surface area contributed by atoms with E-state index in [4.69, 9.17) is 0 Å². The Labute approximate surface area is 173 Å². The Kier molecular flexibility index (Phi) is 9.77. The van der Waals surface area contributed by atoms with Gasteiger partial charge in [-0.05, 0) is 56.3 Å². The van der Waals surface area contributed by atoms with E-state index in [1.165, 1.54) is 25.7 Å². The lowest BCUT2D eigenvalue weighted by molar-refractivity contribution is -0.128. The molecular weight excluding hydrogens is 346 g/mol. The Bertz CT molecular complexity index is 537. The first kappa shape index (κ1) is 23.2. The average molecular weight is 390 g/mol. The van der Waals surface area contributed by atoms with E-state index in [0.717, 1.165) is 44.4 Å². The Balaban J connectivity index is 1.76. The summed E-state index contributed by atoms with van der Waals surface area (Å²) in [6.07, 6.45) is 19.3. The maximum absolute atomic E-state index is 11.7. The van der Waals surface area contributed by atoms with Crippen molar-refractivity contribution in [1.29, 1.82) is 0 Å². The third kappa shape index (κ3) is 6.76. The number of rotatable bonds is 12. The molecule has 0 heterocycles. The molecule has 1 N–H and O–H groups in total. The molecule has 0 spiro atoms. The minimum Gasteiger partial charge on any atom is -0.392 e. The van der Waals surface area contributed by atoms with Gasteiger partial charge in [0.2, 0.25) is 5.91 Å². The van der Waals surface area contributed by atoms with Gasteiger partial charge in [-0.3, -0.25) is 4.79 Å². The third-order valence-electron chi connectivity index (χ3n) is 6.96. The van der Waals surface area contributed by atoms with Crippen molar-refractivity contribution in [2.75, 3.05) is 14.1 Å². The first-order chi connectivity index (χ1) is 13.5. The molecule has 0 aromatic heterocycles. The Morgan fingerprint density at radius 3 is 2.75 bits per heavy atom. The van der Waals surface area contributed by atoms with Crippen LogP contribution in [-0.2, 0) is 4.79 Å². The van der Waals surface area contributed by atoms with Crippen LogP contribution >= 0.6 is 0 Å². The highest BCUT2D eigenvalue weighted by Crippen LogP contribution is 2.48. The normalized spacial score (nSPS) is 27.8. The van der Waals surface area contributed by atoms with Crippen LogP contribution in [0.1, 0.15) is 84.5 Å². The van der Waals surface area contributed by atoms with Gasteiger partial charge < -0.3 is 10.0 Å². The van der Waals surface area contributed by atoms with Crippen LogP contribution in [0.25, 0.3) is 0 Å².